The van der Waals surface area contributed by atoms with Gasteiger partial charge in [0.2, 0.25) is 0 Å². The Hall–Kier alpha value is -3.27. The third kappa shape index (κ3) is 4.11. The van der Waals surface area contributed by atoms with E-state index in [9.17, 15) is 18.5 Å². The zero-order valence-electron chi connectivity index (χ0n) is 14.5. The molecule has 0 saturated heterocycles. The predicted octanol–water partition coefficient (Wildman–Crippen LogP) is 3.22. The van der Waals surface area contributed by atoms with E-state index in [4.69, 9.17) is 4.52 Å². The summed E-state index contributed by atoms with van der Waals surface area (Å²) in [7, 11) is -3.56. The molecule has 27 heavy (non-hydrogen) atoms. The minimum absolute atomic E-state index is 0.127. The summed E-state index contributed by atoms with van der Waals surface area (Å²) in [6.45, 7) is 1.72. The molecule has 0 aliphatic heterocycles. The van der Waals surface area contributed by atoms with Crippen molar-refractivity contribution in [3.63, 3.8) is 0 Å². The Morgan fingerprint density at radius 1 is 1.19 bits per heavy atom. The van der Waals surface area contributed by atoms with Crippen molar-refractivity contribution in [1.29, 1.82) is 0 Å². The molecule has 0 bridgehead atoms. The van der Waals surface area contributed by atoms with Crippen molar-refractivity contribution >= 4 is 21.2 Å². The number of nitro groups is 1. The van der Waals surface area contributed by atoms with Crippen LogP contribution < -0.4 is 5.32 Å². The molecule has 0 aliphatic carbocycles. The normalized spacial score (nSPS) is 12.5. The van der Waals surface area contributed by atoms with E-state index in [0.717, 1.165) is 17.9 Å². The third-order valence-electron chi connectivity index (χ3n) is 3.82. The Balaban J connectivity index is 1.87. The summed E-state index contributed by atoms with van der Waals surface area (Å²) in [5, 5.41) is 18.2. The molecule has 1 unspecified atom stereocenters. The molecular formula is C17H16N4O5S. The summed E-state index contributed by atoms with van der Waals surface area (Å²) in [5.41, 5.74) is 0.564. The zero-order valence-corrected chi connectivity index (χ0v) is 15.3. The van der Waals surface area contributed by atoms with Crippen LogP contribution in [0.25, 0.3) is 11.5 Å². The van der Waals surface area contributed by atoms with Gasteiger partial charge in [0.05, 0.1) is 15.9 Å². The fraction of sp³-hybridized carbons (Fsp3) is 0.176. The lowest BCUT2D eigenvalue weighted by molar-refractivity contribution is -0.384. The summed E-state index contributed by atoms with van der Waals surface area (Å²) in [5.74, 6) is 0.650. The minimum atomic E-state index is -3.56. The molecule has 10 heteroatoms. The molecular weight excluding hydrogens is 372 g/mol. The van der Waals surface area contributed by atoms with Gasteiger partial charge in [0.1, 0.15) is 5.69 Å². The van der Waals surface area contributed by atoms with Crippen molar-refractivity contribution in [3.05, 3.63) is 64.5 Å². The van der Waals surface area contributed by atoms with Crippen LogP contribution in [0.1, 0.15) is 18.8 Å². The standard InChI is InChI=1S/C17H16N4O5S/c1-11(16-19-17(26-20-16)12-6-4-3-5-7-12)18-14-9-8-13(27(2,24)25)10-15(14)21(22)23/h3-11,18H,1-2H3. The van der Waals surface area contributed by atoms with Crippen LogP contribution in [-0.4, -0.2) is 29.7 Å². The highest BCUT2D eigenvalue weighted by atomic mass is 32.2. The van der Waals surface area contributed by atoms with E-state index in [0.29, 0.717) is 11.7 Å². The second kappa shape index (κ2) is 7.16. The van der Waals surface area contributed by atoms with Crippen LogP contribution in [0, 0.1) is 10.1 Å². The van der Waals surface area contributed by atoms with Gasteiger partial charge in [0, 0.05) is 17.9 Å². The maximum absolute atomic E-state index is 11.6. The lowest BCUT2D eigenvalue weighted by Crippen LogP contribution is -2.10. The van der Waals surface area contributed by atoms with E-state index < -0.39 is 20.8 Å². The highest BCUT2D eigenvalue weighted by Crippen LogP contribution is 2.30. The smallest absolute Gasteiger partial charge is 0.293 e. The summed E-state index contributed by atoms with van der Waals surface area (Å²) < 4.78 is 28.5. The SMILES string of the molecule is CC(Nc1ccc(S(C)(=O)=O)cc1[N+](=O)[O-])c1noc(-c2ccccc2)n1. The predicted molar refractivity (Wildman–Crippen MR) is 98.0 cm³/mol. The van der Waals surface area contributed by atoms with Gasteiger partial charge in [0.15, 0.2) is 15.7 Å². The molecule has 3 rings (SSSR count). The molecule has 1 aromatic heterocycles. The number of nitro benzene ring substituents is 1. The summed E-state index contributed by atoms with van der Waals surface area (Å²) in [6.07, 6.45) is 0.992. The zero-order chi connectivity index (χ0) is 19.6. The number of nitrogens with one attached hydrogen (secondary N) is 1. The molecule has 0 spiro atoms. The lowest BCUT2D eigenvalue weighted by Gasteiger charge is -2.12. The average Bonchev–Trinajstić information content (AvgIpc) is 3.12. The van der Waals surface area contributed by atoms with Crippen molar-refractivity contribution < 1.29 is 17.9 Å². The van der Waals surface area contributed by atoms with E-state index >= 15 is 0 Å². The van der Waals surface area contributed by atoms with Crippen LogP contribution in [-0.2, 0) is 9.84 Å². The second-order valence-corrected chi connectivity index (χ2v) is 7.91. The molecule has 0 radical (unpaired) electrons. The fourth-order valence-corrected chi connectivity index (χ4v) is 3.06. The highest BCUT2D eigenvalue weighted by molar-refractivity contribution is 7.90. The van der Waals surface area contributed by atoms with Gasteiger partial charge in [-0.2, -0.15) is 4.98 Å². The van der Waals surface area contributed by atoms with Crippen LogP contribution >= 0.6 is 0 Å². The maximum Gasteiger partial charge on any atom is 0.293 e. The van der Waals surface area contributed by atoms with Crippen molar-refractivity contribution in [2.45, 2.75) is 17.9 Å². The highest BCUT2D eigenvalue weighted by Gasteiger charge is 2.22. The molecule has 1 N–H and O–H groups in total. The first kappa shape index (κ1) is 18.5. The van der Waals surface area contributed by atoms with Gasteiger partial charge in [-0.15, -0.1) is 0 Å². The first-order valence-corrected chi connectivity index (χ1v) is 9.79. The molecule has 0 fully saturated rings. The number of sulfone groups is 1. The molecule has 1 heterocycles. The van der Waals surface area contributed by atoms with Crippen LogP contribution in [0.15, 0.2) is 57.9 Å². The first-order valence-electron chi connectivity index (χ1n) is 7.90. The number of hydrogen-bond acceptors (Lipinski definition) is 8. The number of anilines is 1. The molecule has 3 aromatic rings. The number of nitrogens with zero attached hydrogens (tertiary/aromatic N) is 3. The summed E-state index contributed by atoms with van der Waals surface area (Å²) in [4.78, 5) is 14.9. The van der Waals surface area contributed by atoms with Crippen LogP contribution in [0.3, 0.4) is 0 Å². The van der Waals surface area contributed by atoms with Gasteiger partial charge in [-0.3, -0.25) is 10.1 Å². The minimum Gasteiger partial charge on any atom is -0.370 e. The van der Waals surface area contributed by atoms with Crippen molar-refractivity contribution in [2.75, 3.05) is 11.6 Å². The quantitative estimate of drug-likeness (QED) is 0.503. The van der Waals surface area contributed by atoms with E-state index in [1.807, 2.05) is 30.3 Å². The first-order chi connectivity index (χ1) is 12.8. The second-order valence-electron chi connectivity index (χ2n) is 5.90. The van der Waals surface area contributed by atoms with Gasteiger partial charge < -0.3 is 9.84 Å². The Labute approximate surface area is 155 Å². The largest absolute Gasteiger partial charge is 0.370 e. The van der Waals surface area contributed by atoms with Crippen molar-refractivity contribution in [3.8, 4) is 11.5 Å². The topological polar surface area (TPSA) is 128 Å². The maximum atomic E-state index is 11.6. The molecule has 0 amide bonds. The average molecular weight is 388 g/mol. The number of aromatic nitrogens is 2. The van der Waals surface area contributed by atoms with Gasteiger partial charge in [-0.05, 0) is 31.2 Å². The fourth-order valence-electron chi connectivity index (χ4n) is 2.42. The Morgan fingerprint density at radius 2 is 1.89 bits per heavy atom. The van der Waals surface area contributed by atoms with Gasteiger partial charge in [-0.1, -0.05) is 23.4 Å². The van der Waals surface area contributed by atoms with Gasteiger partial charge in [0.25, 0.3) is 11.6 Å². The third-order valence-corrected chi connectivity index (χ3v) is 4.93. The molecule has 1 atom stereocenters. The van der Waals surface area contributed by atoms with E-state index in [1.165, 1.54) is 12.1 Å². The molecule has 2 aromatic carbocycles. The van der Waals surface area contributed by atoms with Crippen LogP contribution in [0.2, 0.25) is 0 Å². The molecule has 140 valence electrons. The summed E-state index contributed by atoms with van der Waals surface area (Å²) in [6, 6.07) is 12.4. The lowest BCUT2D eigenvalue weighted by atomic mass is 10.2. The van der Waals surface area contributed by atoms with Gasteiger partial charge >= 0.3 is 0 Å². The summed E-state index contributed by atoms with van der Waals surface area (Å²) >= 11 is 0. The number of benzene rings is 2. The van der Waals surface area contributed by atoms with Crippen molar-refractivity contribution in [1.82, 2.24) is 10.1 Å². The van der Waals surface area contributed by atoms with Crippen LogP contribution in [0.4, 0.5) is 11.4 Å². The van der Waals surface area contributed by atoms with E-state index in [1.54, 1.807) is 6.92 Å². The number of rotatable bonds is 6. The Kier molecular flexibility index (Phi) is 4.91. The monoisotopic (exact) mass is 388 g/mol. The molecule has 0 aliphatic rings. The van der Waals surface area contributed by atoms with E-state index in [2.05, 4.69) is 15.5 Å². The van der Waals surface area contributed by atoms with Gasteiger partial charge in [-0.25, -0.2) is 8.42 Å². The molecule has 0 saturated carbocycles. The Bertz CT molecular complexity index is 1080. The van der Waals surface area contributed by atoms with Crippen molar-refractivity contribution in [2.24, 2.45) is 0 Å². The van der Waals surface area contributed by atoms with E-state index in [-0.39, 0.29) is 16.3 Å². The molecule has 9 nitrogen and oxygen atoms in total. The van der Waals surface area contributed by atoms with Crippen LogP contribution in [0.5, 0.6) is 0 Å². The number of hydrogen-bond donors (Lipinski definition) is 1. The Morgan fingerprint density at radius 3 is 2.52 bits per heavy atom.